The molecule has 0 bridgehead atoms. The molecule has 0 fully saturated rings. The number of nitrogens with two attached hydrogens (primary N) is 1. The quantitative estimate of drug-likeness (QED) is 0.670. The maximum atomic E-state index is 5.68. The number of hydrogen-bond donors (Lipinski definition) is 2. The second kappa shape index (κ2) is 5.93. The van der Waals surface area contributed by atoms with Gasteiger partial charge >= 0.3 is 0 Å². The molecule has 1 aromatic carbocycles. The van der Waals surface area contributed by atoms with E-state index in [2.05, 4.69) is 38.5 Å². The monoisotopic (exact) mass is 325 g/mol. The van der Waals surface area contributed by atoms with Crippen LogP contribution in [0.3, 0.4) is 0 Å². The largest absolute Gasteiger partial charge is 0.271 e. The lowest BCUT2D eigenvalue weighted by atomic mass is 10.0. The third-order valence-electron chi connectivity index (χ3n) is 2.81. The van der Waals surface area contributed by atoms with Crippen molar-refractivity contribution in [3.8, 4) is 0 Å². The van der Waals surface area contributed by atoms with Crippen LogP contribution >= 0.6 is 27.3 Å². The highest BCUT2D eigenvalue weighted by Crippen LogP contribution is 2.27. The molecule has 0 spiro atoms. The first-order valence-corrected chi connectivity index (χ1v) is 7.35. The van der Waals surface area contributed by atoms with E-state index in [0.29, 0.717) is 0 Å². The highest BCUT2D eigenvalue weighted by atomic mass is 79.9. The predicted octanol–water partition coefficient (Wildman–Crippen LogP) is 3.27. The Morgan fingerprint density at radius 1 is 1.33 bits per heavy atom. The fraction of sp³-hybridized carbons (Fsp3) is 0.308. The molecule has 3 N–H and O–H groups in total. The summed E-state index contributed by atoms with van der Waals surface area (Å²) in [5.74, 6) is 5.68. The van der Waals surface area contributed by atoms with Crippen molar-refractivity contribution >= 4 is 27.3 Å². The molecular weight excluding hydrogens is 310 g/mol. The molecule has 0 aliphatic heterocycles. The van der Waals surface area contributed by atoms with E-state index < -0.39 is 0 Å². The maximum Gasteiger partial charge on any atom is 0.0900 e. The van der Waals surface area contributed by atoms with E-state index in [9.17, 15) is 0 Å². The van der Waals surface area contributed by atoms with Crippen LogP contribution in [0.1, 0.15) is 27.2 Å². The molecule has 1 unspecified atom stereocenters. The number of nitrogens with zero attached hydrogens (tertiary/aromatic N) is 1. The molecule has 1 atom stereocenters. The lowest BCUT2D eigenvalue weighted by Crippen LogP contribution is -2.29. The third-order valence-corrected chi connectivity index (χ3v) is 4.53. The van der Waals surface area contributed by atoms with Crippen LogP contribution in [0.5, 0.6) is 0 Å². The Morgan fingerprint density at radius 3 is 2.50 bits per heavy atom. The molecular formula is C13H16BrN3S. The number of benzene rings is 1. The minimum absolute atomic E-state index is 0.123. The van der Waals surface area contributed by atoms with Gasteiger partial charge in [0.15, 0.2) is 0 Å². The van der Waals surface area contributed by atoms with Crippen molar-refractivity contribution in [3.05, 3.63) is 49.9 Å². The van der Waals surface area contributed by atoms with Crippen molar-refractivity contribution in [3.63, 3.8) is 0 Å². The maximum absolute atomic E-state index is 5.68. The Balaban J connectivity index is 2.19. The lowest BCUT2D eigenvalue weighted by Gasteiger charge is -2.15. The molecule has 0 aliphatic rings. The molecule has 2 rings (SSSR count). The van der Waals surface area contributed by atoms with Crippen LogP contribution in [0, 0.1) is 13.8 Å². The number of hydrogen-bond acceptors (Lipinski definition) is 4. The van der Waals surface area contributed by atoms with Crippen molar-refractivity contribution < 1.29 is 0 Å². The van der Waals surface area contributed by atoms with Gasteiger partial charge in [-0.15, -0.1) is 11.3 Å². The summed E-state index contributed by atoms with van der Waals surface area (Å²) in [7, 11) is 0. The van der Waals surface area contributed by atoms with Crippen LogP contribution in [-0.4, -0.2) is 4.98 Å². The molecule has 0 amide bonds. The summed E-state index contributed by atoms with van der Waals surface area (Å²) in [5, 5.41) is 1.08. The van der Waals surface area contributed by atoms with Gasteiger partial charge in [0.05, 0.1) is 16.7 Å². The number of hydrazine groups is 1. The number of nitrogens with one attached hydrogen (secondary N) is 1. The average Bonchev–Trinajstić information content (AvgIpc) is 2.68. The summed E-state index contributed by atoms with van der Waals surface area (Å²) in [5.41, 5.74) is 5.22. The van der Waals surface area contributed by atoms with Crippen LogP contribution in [0.4, 0.5) is 0 Å². The van der Waals surface area contributed by atoms with Crippen LogP contribution in [-0.2, 0) is 6.42 Å². The number of halogens is 1. The third kappa shape index (κ3) is 3.17. The fourth-order valence-corrected chi connectivity index (χ4v) is 3.21. The zero-order valence-electron chi connectivity index (χ0n) is 10.4. The molecule has 0 radical (unpaired) electrons. The minimum atomic E-state index is 0.123. The Morgan fingerprint density at radius 2 is 2.00 bits per heavy atom. The average molecular weight is 326 g/mol. The molecule has 3 nitrogen and oxygen atoms in total. The Bertz CT molecular complexity index is 522. The van der Waals surface area contributed by atoms with E-state index in [1.54, 1.807) is 11.3 Å². The minimum Gasteiger partial charge on any atom is -0.271 e. The van der Waals surface area contributed by atoms with E-state index in [0.717, 1.165) is 21.6 Å². The summed E-state index contributed by atoms with van der Waals surface area (Å²) in [6.07, 6.45) is 0.867. The number of aryl methyl sites for hydroxylation is 2. The normalized spacial score (nSPS) is 12.7. The standard InChI is InChI=1S/C13H16BrN3S/c1-8-13(18-9(2)16-8)12(17-15)7-10-3-5-11(14)6-4-10/h3-6,12,17H,7,15H2,1-2H3. The number of thiazole rings is 1. The fourth-order valence-electron chi connectivity index (χ4n) is 1.95. The molecule has 96 valence electrons. The first kappa shape index (κ1) is 13.7. The van der Waals surface area contributed by atoms with Crippen molar-refractivity contribution in [1.29, 1.82) is 0 Å². The van der Waals surface area contributed by atoms with E-state index >= 15 is 0 Å². The first-order valence-electron chi connectivity index (χ1n) is 5.74. The zero-order chi connectivity index (χ0) is 13.1. The van der Waals surface area contributed by atoms with E-state index in [1.807, 2.05) is 26.0 Å². The van der Waals surface area contributed by atoms with E-state index in [1.165, 1.54) is 10.4 Å². The predicted molar refractivity (Wildman–Crippen MR) is 79.5 cm³/mol. The molecule has 1 heterocycles. The first-order chi connectivity index (χ1) is 8.60. The molecule has 0 aliphatic carbocycles. The summed E-state index contributed by atoms with van der Waals surface area (Å²) in [6.45, 7) is 4.05. The van der Waals surface area contributed by atoms with Crippen molar-refractivity contribution in [2.75, 3.05) is 0 Å². The van der Waals surface area contributed by atoms with Gasteiger partial charge in [0.25, 0.3) is 0 Å². The van der Waals surface area contributed by atoms with Crippen LogP contribution in [0.25, 0.3) is 0 Å². The molecule has 1 aromatic heterocycles. The van der Waals surface area contributed by atoms with Gasteiger partial charge in [-0.05, 0) is 38.0 Å². The van der Waals surface area contributed by atoms with Crippen molar-refractivity contribution in [2.24, 2.45) is 5.84 Å². The van der Waals surface area contributed by atoms with Crippen molar-refractivity contribution in [2.45, 2.75) is 26.3 Å². The molecule has 2 aromatic rings. The van der Waals surface area contributed by atoms with Gasteiger partial charge in [-0.2, -0.15) is 0 Å². The Kier molecular flexibility index (Phi) is 4.50. The van der Waals surface area contributed by atoms with Gasteiger partial charge in [-0.25, -0.2) is 4.98 Å². The SMILES string of the molecule is Cc1nc(C)c(C(Cc2ccc(Br)cc2)NN)s1. The van der Waals surface area contributed by atoms with Crippen LogP contribution < -0.4 is 11.3 Å². The van der Waals surface area contributed by atoms with Gasteiger partial charge in [0, 0.05) is 9.35 Å². The molecule has 0 saturated heterocycles. The second-order valence-corrected chi connectivity index (χ2v) is 6.38. The molecule has 0 saturated carbocycles. The van der Waals surface area contributed by atoms with Gasteiger partial charge < -0.3 is 0 Å². The summed E-state index contributed by atoms with van der Waals surface area (Å²) in [6, 6.07) is 8.44. The Labute approximate surface area is 120 Å². The van der Waals surface area contributed by atoms with Gasteiger partial charge in [-0.1, -0.05) is 28.1 Å². The van der Waals surface area contributed by atoms with E-state index in [4.69, 9.17) is 5.84 Å². The van der Waals surface area contributed by atoms with Gasteiger partial charge in [-0.3, -0.25) is 11.3 Å². The highest BCUT2D eigenvalue weighted by molar-refractivity contribution is 9.10. The molecule has 5 heteroatoms. The number of aromatic nitrogens is 1. The van der Waals surface area contributed by atoms with Crippen LogP contribution in [0.2, 0.25) is 0 Å². The summed E-state index contributed by atoms with van der Waals surface area (Å²) >= 11 is 5.15. The lowest BCUT2D eigenvalue weighted by molar-refractivity contribution is 0.557. The van der Waals surface area contributed by atoms with Crippen molar-refractivity contribution in [1.82, 2.24) is 10.4 Å². The van der Waals surface area contributed by atoms with E-state index in [-0.39, 0.29) is 6.04 Å². The smallest absolute Gasteiger partial charge is 0.0900 e. The number of rotatable bonds is 4. The van der Waals surface area contributed by atoms with Gasteiger partial charge in [0.2, 0.25) is 0 Å². The molecule has 18 heavy (non-hydrogen) atoms. The zero-order valence-corrected chi connectivity index (χ0v) is 12.8. The summed E-state index contributed by atoms with van der Waals surface area (Å²) < 4.78 is 1.09. The highest BCUT2D eigenvalue weighted by Gasteiger charge is 2.16. The topological polar surface area (TPSA) is 50.9 Å². The summed E-state index contributed by atoms with van der Waals surface area (Å²) in [4.78, 5) is 5.67. The van der Waals surface area contributed by atoms with Crippen LogP contribution in [0.15, 0.2) is 28.7 Å². The second-order valence-electron chi connectivity index (χ2n) is 4.23. The van der Waals surface area contributed by atoms with Gasteiger partial charge in [0.1, 0.15) is 0 Å². The Hall–Kier alpha value is -0.750.